The molecule has 7 nitrogen and oxygen atoms in total. The predicted molar refractivity (Wildman–Crippen MR) is 92.1 cm³/mol. The van der Waals surface area contributed by atoms with Crippen LogP contribution in [0.2, 0.25) is 0 Å². The number of aromatic nitrogens is 2. The van der Waals surface area contributed by atoms with E-state index in [1.165, 1.54) is 18.2 Å². The molecular weight excluding hydrogens is 325 g/mol. The van der Waals surface area contributed by atoms with Crippen molar-refractivity contribution < 1.29 is 13.9 Å². The number of hydrogen-bond donors (Lipinski definition) is 2. The summed E-state index contributed by atoms with van der Waals surface area (Å²) in [6, 6.07) is 8.97. The zero-order valence-corrected chi connectivity index (χ0v) is 13.7. The summed E-state index contributed by atoms with van der Waals surface area (Å²) in [7, 11) is 0. The topological polar surface area (TPSA) is 79.4 Å². The summed E-state index contributed by atoms with van der Waals surface area (Å²) in [6.07, 6.45) is 0. The van der Waals surface area contributed by atoms with Gasteiger partial charge in [-0.2, -0.15) is 0 Å². The van der Waals surface area contributed by atoms with E-state index in [2.05, 4.69) is 25.7 Å². The van der Waals surface area contributed by atoms with Gasteiger partial charge in [-0.25, -0.2) is 4.39 Å². The van der Waals surface area contributed by atoms with Gasteiger partial charge in [-0.3, -0.25) is 9.69 Å². The number of benzene rings is 1. The van der Waals surface area contributed by atoms with Crippen molar-refractivity contribution in [2.24, 2.45) is 0 Å². The van der Waals surface area contributed by atoms with E-state index >= 15 is 0 Å². The van der Waals surface area contributed by atoms with Gasteiger partial charge in [0.15, 0.2) is 5.69 Å². The Bertz CT molecular complexity index is 704. The van der Waals surface area contributed by atoms with Crippen molar-refractivity contribution in [3.8, 4) is 0 Å². The molecule has 0 bridgehead atoms. The summed E-state index contributed by atoms with van der Waals surface area (Å²) in [5.74, 6) is -0.239. The molecule has 1 saturated heterocycles. The Labute approximate surface area is 145 Å². The average Bonchev–Trinajstić information content (AvgIpc) is 2.63. The quantitative estimate of drug-likeness (QED) is 0.828. The van der Waals surface area contributed by atoms with Crippen molar-refractivity contribution in [1.82, 2.24) is 15.1 Å². The number of rotatable bonds is 6. The van der Waals surface area contributed by atoms with Gasteiger partial charge in [-0.05, 0) is 30.3 Å². The third kappa shape index (κ3) is 5.20. The standard InChI is InChI=1S/C17H20FN5O2/c18-13-2-1-3-14(12-13)20-17(24)15-4-5-16(22-21-15)19-6-7-23-8-10-25-11-9-23/h1-5,12H,6-11H2,(H,19,22)(H,20,24). The van der Waals surface area contributed by atoms with Gasteiger partial charge in [0.05, 0.1) is 13.2 Å². The molecule has 0 unspecified atom stereocenters. The Morgan fingerprint density at radius 1 is 1.20 bits per heavy atom. The lowest BCUT2D eigenvalue weighted by molar-refractivity contribution is 0.0398. The van der Waals surface area contributed by atoms with Crippen molar-refractivity contribution in [1.29, 1.82) is 0 Å². The number of morpholine rings is 1. The molecule has 0 spiro atoms. The summed E-state index contributed by atoms with van der Waals surface area (Å²) in [5, 5.41) is 13.7. The highest BCUT2D eigenvalue weighted by Crippen LogP contribution is 2.11. The van der Waals surface area contributed by atoms with E-state index in [4.69, 9.17) is 4.74 Å². The van der Waals surface area contributed by atoms with Gasteiger partial charge in [-0.15, -0.1) is 10.2 Å². The third-order valence-electron chi connectivity index (χ3n) is 3.82. The Hall–Kier alpha value is -2.58. The number of anilines is 2. The SMILES string of the molecule is O=C(Nc1cccc(F)c1)c1ccc(NCCN2CCOCC2)nn1. The van der Waals surface area contributed by atoms with E-state index < -0.39 is 11.7 Å². The molecule has 2 aromatic rings. The number of halogens is 1. The van der Waals surface area contributed by atoms with E-state index in [1.807, 2.05) is 0 Å². The molecule has 132 valence electrons. The Balaban J connectivity index is 1.48. The van der Waals surface area contributed by atoms with Gasteiger partial charge in [-0.1, -0.05) is 6.07 Å². The van der Waals surface area contributed by atoms with Gasteiger partial charge < -0.3 is 15.4 Å². The van der Waals surface area contributed by atoms with Crippen LogP contribution >= 0.6 is 0 Å². The molecule has 1 amide bonds. The van der Waals surface area contributed by atoms with Crippen molar-refractivity contribution in [3.63, 3.8) is 0 Å². The summed E-state index contributed by atoms with van der Waals surface area (Å²) in [6.45, 7) is 5.05. The van der Waals surface area contributed by atoms with Crippen molar-refractivity contribution in [2.75, 3.05) is 50.0 Å². The smallest absolute Gasteiger partial charge is 0.276 e. The molecule has 0 saturated carbocycles. The number of carbonyl (C=O) groups excluding carboxylic acids is 1. The number of amides is 1. The van der Waals surface area contributed by atoms with E-state index in [0.717, 1.165) is 39.4 Å². The highest BCUT2D eigenvalue weighted by Gasteiger charge is 2.11. The highest BCUT2D eigenvalue weighted by atomic mass is 19.1. The van der Waals surface area contributed by atoms with Crippen LogP contribution in [-0.4, -0.2) is 60.4 Å². The minimum absolute atomic E-state index is 0.169. The van der Waals surface area contributed by atoms with Crippen molar-refractivity contribution in [2.45, 2.75) is 0 Å². The molecule has 0 atom stereocenters. The van der Waals surface area contributed by atoms with Crippen molar-refractivity contribution in [3.05, 3.63) is 47.9 Å². The maximum atomic E-state index is 13.1. The lowest BCUT2D eigenvalue weighted by atomic mass is 10.3. The summed E-state index contributed by atoms with van der Waals surface area (Å²) in [4.78, 5) is 14.4. The van der Waals surface area contributed by atoms with Crippen LogP contribution in [0.4, 0.5) is 15.9 Å². The largest absolute Gasteiger partial charge is 0.379 e. The fourth-order valence-electron chi connectivity index (χ4n) is 2.48. The first kappa shape index (κ1) is 17.2. The molecule has 1 fully saturated rings. The van der Waals surface area contributed by atoms with Crippen LogP contribution in [-0.2, 0) is 4.74 Å². The normalized spacial score (nSPS) is 14.9. The molecule has 8 heteroatoms. The maximum Gasteiger partial charge on any atom is 0.276 e. The number of nitrogens with zero attached hydrogens (tertiary/aromatic N) is 3. The van der Waals surface area contributed by atoms with E-state index in [0.29, 0.717) is 11.5 Å². The average molecular weight is 345 g/mol. The van der Waals surface area contributed by atoms with Gasteiger partial charge >= 0.3 is 0 Å². The Morgan fingerprint density at radius 3 is 2.76 bits per heavy atom. The molecule has 3 rings (SSSR count). The molecule has 1 aliphatic rings. The van der Waals surface area contributed by atoms with Crippen LogP contribution in [0.1, 0.15) is 10.5 Å². The summed E-state index contributed by atoms with van der Waals surface area (Å²) >= 11 is 0. The molecule has 25 heavy (non-hydrogen) atoms. The highest BCUT2D eigenvalue weighted by molar-refractivity contribution is 6.02. The van der Waals surface area contributed by atoms with Crippen LogP contribution in [0.5, 0.6) is 0 Å². The lowest BCUT2D eigenvalue weighted by Gasteiger charge is -2.26. The monoisotopic (exact) mass is 345 g/mol. The van der Waals surface area contributed by atoms with E-state index in [-0.39, 0.29) is 5.69 Å². The first-order chi connectivity index (χ1) is 12.2. The molecular formula is C17H20FN5O2. The number of hydrogen-bond acceptors (Lipinski definition) is 6. The minimum Gasteiger partial charge on any atom is -0.379 e. The van der Waals surface area contributed by atoms with Crippen LogP contribution in [0.15, 0.2) is 36.4 Å². The third-order valence-corrected chi connectivity index (χ3v) is 3.82. The van der Waals surface area contributed by atoms with Crippen molar-refractivity contribution >= 4 is 17.4 Å². The van der Waals surface area contributed by atoms with E-state index in [9.17, 15) is 9.18 Å². The first-order valence-corrected chi connectivity index (χ1v) is 8.15. The number of nitrogens with one attached hydrogen (secondary N) is 2. The fourth-order valence-corrected chi connectivity index (χ4v) is 2.48. The van der Waals surface area contributed by atoms with Crippen LogP contribution in [0, 0.1) is 5.82 Å². The zero-order chi connectivity index (χ0) is 17.5. The van der Waals surface area contributed by atoms with Crippen LogP contribution < -0.4 is 10.6 Å². The van der Waals surface area contributed by atoms with Crippen LogP contribution in [0.3, 0.4) is 0 Å². The Morgan fingerprint density at radius 2 is 2.04 bits per heavy atom. The zero-order valence-electron chi connectivity index (χ0n) is 13.7. The second kappa shape index (κ2) is 8.50. The van der Waals surface area contributed by atoms with Gasteiger partial charge in [0, 0.05) is 31.9 Å². The second-order valence-corrected chi connectivity index (χ2v) is 5.65. The fraction of sp³-hybridized carbons (Fsp3) is 0.353. The predicted octanol–water partition coefficient (Wildman–Crippen LogP) is 1.61. The number of carbonyl (C=O) groups is 1. The summed E-state index contributed by atoms with van der Waals surface area (Å²) in [5.41, 5.74) is 0.544. The van der Waals surface area contributed by atoms with E-state index in [1.54, 1.807) is 18.2 Å². The molecule has 0 radical (unpaired) electrons. The first-order valence-electron chi connectivity index (χ1n) is 8.15. The molecule has 0 aliphatic carbocycles. The minimum atomic E-state index is -0.432. The molecule has 1 aliphatic heterocycles. The van der Waals surface area contributed by atoms with Crippen LogP contribution in [0.25, 0.3) is 0 Å². The second-order valence-electron chi connectivity index (χ2n) is 5.65. The van der Waals surface area contributed by atoms with Gasteiger partial charge in [0.25, 0.3) is 5.91 Å². The molecule has 1 aromatic heterocycles. The molecule has 1 aromatic carbocycles. The summed E-state index contributed by atoms with van der Waals surface area (Å²) < 4.78 is 18.4. The lowest BCUT2D eigenvalue weighted by Crippen LogP contribution is -2.39. The van der Waals surface area contributed by atoms with Gasteiger partial charge in [0.2, 0.25) is 0 Å². The number of ether oxygens (including phenoxy) is 1. The van der Waals surface area contributed by atoms with Gasteiger partial charge in [0.1, 0.15) is 11.6 Å². The Kier molecular flexibility index (Phi) is 5.86. The molecule has 2 N–H and O–H groups in total. The molecule has 2 heterocycles. The maximum absolute atomic E-state index is 13.1.